The molecular weight excluding hydrogens is 329 g/mol. The van der Waals surface area contributed by atoms with Gasteiger partial charge in [-0.2, -0.15) is 0 Å². The van der Waals surface area contributed by atoms with Crippen LogP contribution in [0.1, 0.15) is 42.0 Å². The van der Waals surface area contributed by atoms with Gasteiger partial charge >= 0.3 is 6.09 Å². The Bertz CT molecular complexity index is 826. The van der Waals surface area contributed by atoms with Gasteiger partial charge in [0.1, 0.15) is 11.6 Å². The monoisotopic (exact) mass is 351 g/mol. The van der Waals surface area contributed by atoms with Crippen LogP contribution in [0.15, 0.2) is 60.9 Å². The molecule has 1 fully saturated rings. The molecule has 2 aliphatic rings. The molecule has 4 heteroatoms. The van der Waals surface area contributed by atoms with Gasteiger partial charge in [-0.3, -0.25) is 4.90 Å². The van der Waals surface area contributed by atoms with Crippen molar-refractivity contribution in [2.45, 2.75) is 31.7 Å². The maximum absolute atomic E-state index is 13.4. The number of ether oxygens (including phenoxy) is 1. The quantitative estimate of drug-likeness (QED) is 0.709. The van der Waals surface area contributed by atoms with Crippen molar-refractivity contribution in [3.63, 3.8) is 0 Å². The van der Waals surface area contributed by atoms with E-state index in [4.69, 9.17) is 4.74 Å². The second kappa shape index (κ2) is 6.94. The number of halogens is 1. The Morgan fingerprint density at radius 3 is 2.54 bits per heavy atom. The highest BCUT2D eigenvalue weighted by atomic mass is 19.1. The van der Waals surface area contributed by atoms with E-state index in [-0.39, 0.29) is 18.0 Å². The summed E-state index contributed by atoms with van der Waals surface area (Å²) in [5.74, 6) is 0.573. The average molecular weight is 351 g/mol. The maximum atomic E-state index is 13.4. The van der Waals surface area contributed by atoms with Gasteiger partial charge in [0, 0.05) is 12.5 Å². The Morgan fingerprint density at radius 2 is 1.85 bits per heavy atom. The van der Waals surface area contributed by atoms with Crippen molar-refractivity contribution in [1.29, 1.82) is 0 Å². The normalized spacial score (nSPS) is 19.4. The topological polar surface area (TPSA) is 29.5 Å². The first-order valence-corrected chi connectivity index (χ1v) is 9.14. The molecule has 1 aliphatic heterocycles. The first kappa shape index (κ1) is 16.8. The highest BCUT2D eigenvalue weighted by Crippen LogP contribution is 2.37. The number of nitrogens with zero attached hydrogens (tertiary/aromatic N) is 1. The fourth-order valence-corrected chi connectivity index (χ4v) is 3.75. The van der Waals surface area contributed by atoms with Gasteiger partial charge in [-0.25, -0.2) is 9.18 Å². The fraction of sp³-hybridized carbons (Fsp3) is 0.318. The number of allylic oxidation sites excluding steroid dienone is 1. The van der Waals surface area contributed by atoms with Gasteiger partial charge in [0.05, 0.1) is 6.04 Å². The van der Waals surface area contributed by atoms with Crippen molar-refractivity contribution in [3.8, 4) is 0 Å². The largest absolute Gasteiger partial charge is 0.415 e. The Kier molecular flexibility index (Phi) is 4.49. The molecule has 1 saturated carbocycles. The average Bonchev–Trinajstić information content (AvgIpc) is 2.60. The Labute approximate surface area is 153 Å². The van der Waals surface area contributed by atoms with Gasteiger partial charge in [0.15, 0.2) is 0 Å². The molecule has 0 radical (unpaired) electrons. The standard InChI is InChI=1S/C22H22FNO2/c1-15(16-6-4-7-16)26-22(25)24-14-13-17-5-2-3-8-20(17)21(24)18-9-11-19(23)12-10-18/h2-3,5,8-12,16,21H,1,4,6-7,13-14H2/t21-/m0/s1. The van der Waals surface area contributed by atoms with Crippen molar-refractivity contribution in [2.24, 2.45) is 5.92 Å². The van der Waals surface area contributed by atoms with E-state index >= 15 is 0 Å². The number of amides is 1. The summed E-state index contributed by atoms with van der Waals surface area (Å²) in [7, 11) is 0. The molecule has 134 valence electrons. The van der Waals surface area contributed by atoms with Crippen LogP contribution in [-0.4, -0.2) is 17.5 Å². The van der Waals surface area contributed by atoms with E-state index in [1.165, 1.54) is 17.7 Å². The highest BCUT2D eigenvalue weighted by Gasteiger charge is 2.34. The van der Waals surface area contributed by atoms with E-state index in [1.807, 2.05) is 18.2 Å². The molecule has 2 aromatic carbocycles. The van der Waals surface area contributed by atoms with Gasteiger partial charge < -0.3 is 4.74 Å². The van der Waals surface area contributed by atoms with Gasteiger partial charge in [-0.1, -0.05) is 49.4 Å². The molecule has 0 unspecified atom stereocenters. The predicted molar refractivity (Wildman–Crippen MR) is 98.1 cm³/mol. The summed E-state index contributed by atoms with van der Waals surface area (Å²) in [4.78, 5) is 14.6. The summed E-state index contributed by atoms with van der Waals surface area (Å²) in [6, 6.07) is 14.2. The van der Waals surface area contributed by atoms with Gasteiger partial charge in [-0.05, 0) is 48.1 Å². The van der Waals surface area contributed by atoms with Crippen molar-refractivity contribution >= 4 is 6.09 Å². The van der Waals surface area contributed by atoms with Crippen LogP contribution in [0.2, 0.25) is 0 Å². The molecule has 4 rings (SSSR count). The minimum absolute atomic E-state index is 0.276. The molecular formula is C22H22FNO2. The van der Waals surface area contributed by atoms with Crippen LogP contribution in [-0.2, 0) is 11.2 Å². The smallest absolute Gasteiger partial charge is 0.415 e. The van der Waals surface area contributed by atoms with E-state index in [0.717, 1.165) is 36.8 Å². The number of hydrogen-bond acceptors (Lipinski definition) is 2. The third-order valence-electron chi connectivity index (χ3n) is 5.48. The third-order valence-corrected chi connectivity index (χ3v) is 5.48. The zero-order chi connectivity index (χ0) is 18.1. The van der Waals surface area contributed by atoms with E-state index < -0.39 is 0 Å². The lowest BCUT2D eigenvalue weighted by Crippen LogP contribution is -2.41. The number of carbonyl (C=O) groups excluding carboxylic acids is 1. The second-order valence-corrected chi connectivity index (χ2v) is 7.06. The number of carbonyl (C=O) groups is 1. The molecule has 1 amide bonds. The number of rotatable bonds is 3. The molecule has 0 bridgehead atoms. The van der Waals surface area contributed by atoms with Crippen LogP contribution in [0, 0.1) is 11.7 Å². The summed E-state index contributed by atoms with van der Waals surface area (Å²) in [5.41, 5.74) is 3.16. The molecule has 1 heterocycles. The third kappa shape index (κ3) is 3.12. The van der Waals surface area contributed by atoms with Gasteiger partial charge in [-0.15, -0.1) is 0 Å². The summed E-state index contributed by atoms with van der Waals surface area (Å²) in [6.45, 7) is 4.51. The fourth-order valence-electron chi connectivity index (χ4n) is 3.75. The lowest BCUT2D eigenvalue weighted by atomic mass is 9.84. The lowest BCUT2D eigenvalue weighted by Gasteiger charge is -2.37. The minimum atomic E-state index is -0.370. The van der Waals surface area contributed by atoms with E-state index in [9.17, 15) is 9.18 Å². The number of benzene rings is 2. The highest BCUT2D eigenvalue weighted by molar-refractivity contribution is 5.71. The molecule has 26 heavy (non-hydrogen) atoms. The molecule has 0 saturated heterocycles. The predicted octanol–water partition coefficient (Wildman–Crippen LogP) is 5.22. The van der Waals surface area contributed by atoms with Crippen LogP contribution >= 0.6 is 0 Å². The molecule has 0 aromatic heterocycles. The van der Waals surface area contributed by atoms with Crippen molar-refractivity contribution in [2.75, 3.05) is 6.54 Å². The van der Waals surface area contributed by atoms with Gasteiger partial charge in [0.2, 0.25) is 0 Å². The molecule has 0 N–H and O–H groups in total. The first-order chi connectivity index (χ1) is 12.6. The molecule has 3 nitrogen and oxygen atoms in total. The Morgan fingerprint density at radius 1 is 1.12 bits per heavy atom. The van der Waals surface area contributed by atoms with E-state index in [0.29, 0.717) is 18.2 Å². The summed E-state index contributed by atoms with van der Waals surface area (Å²) in [5, 5.41) is 0. The Balaban J connectivity index is 1.65. The van der Waals surface area contributed by atoms with Crippen LogP contribution in [0.3, 0.4) is 0 Å². The zero-order valence-corrected chi connectivity index (χ0v) is 14.7. The van der Waals surface area contributed by atoms with Crippen molar-refractivity contribution in [3.05, 3.63) is 83.4 Å². The summed E-state index contributed by atoms with van der Waals surface area (Å²) < 4.78 is 19.0. The van der Waals surface area contributed by atoms with E-state index in [1.54, 1.807) is 17.0 Å². The number of hydrogen-bond donors (Lipinski definition) is 0. The second-order valence-electron chi connectivity index (χ2n) is 7.06. The van der Waals surface area contributed by atoms with Crippen LogP contribution in [0.4, 0.5) is 9.18 Å². The van der Waals surface area contributed by atoms with Crippen LogP contribution < -0.4 is 0 Å². The number of fused-ring (bicyclic) bond motifs is 1. The van der Waals surface area contributed by atoms with Crippen molar-refractivity contribution < 1.29 is 13.9 Å². The Hall–Kier alpha value is -2.62. The van der Waals surface area contributed by atoms with Crippen LogP contribution in [0.25, 0.3) is 0 Å². The molecule has 0 spiro atoms. The minimum Gasteiger partial charge on any atom is -0.415 e. The first-order valence-electron chi connectivity index (χ1n) is 9.14. The molecule has 1 aliphatic carbocycles. The van der Waals surface area contributed by atoms with Crippen LogP contribution in [0.5, 0.6) is 0 Å². The summed E-state index contributed by atoms with van der Waals surface area (Å²) >= 11 is 0. The SMILES string of the molecule is C=C(OC(=O)N1CCc2ccccc2[C@@H]1c1ccc(F)cc1)C1CCC1. The van der Waals surface area contributed by atoms with Gasteiger partial charge in [0.25, 0.3) is 0 Å². The maximum Gasteiger partial charge on any atom is 0.415 e. The zero-order valence-electron chi connectivity index (χ0n) is 14.7. The van der Waals surface area contributed by atoms with Crippen molar-refractivity contribution in [1.82, 2.24) is 4.90 Å². The van der Waals surface area contributed by atoms with E-state index in [2.05, 4.69) is 12.6 Å². The molecule has 2 aromatic rings. The molecule has 1 atom stereocenters. The summed E-state index contributed by atoms with van der Waals surface area (Å²) in [6.07, 6.45) is 3.65. The lowest BCUT2D eigenvalue weighted by molar-refractivity contribution is 0.0978.